The average Bonchev–Trinajstić information content (AvgIpc) is 2.12. The number of aryl methyl sites for hydroxylation is 2. The lowest BCUT2D eigenvalue weighted by Crippen LogP contribution is -1.98. The van der Waals surface area contributed by atoms with E-state index in [9.17, 15) is 5.11 Å². The van der Waals surface area contributed by atoms with Gasteiger partial charge in [-0.25, -0.2) is 0 Å². The molecule has 0 aliphatic rings. The Kier molecular flexibility index (Phi) is 3.73. The third kappa shape index (κ3) is 2.90. The van der Waals surface area contributed by atoms with Crippen LogP contribution in [0.3, 0.4) is 0 Å². The number of terminal acetylenes is 1. The predicted octanol–water partition coefficient (Wildman–Crippen LogP) is 2.75. The second-order valence-electron chi connectivity index (χ2n) is 3.68. The summed E-state index contributed by atoms with van der Waals surface area (Å²) in [6, 6.07) is 6.11. The van der Waals surface area contributed by atoms with Gasteiger partial charge in [-0.15, -0.1) is 12.3 Å². The van der Waals surface area contributed by atoms with Crippen LogP contribution < -0.4 is 0 Å². The highest BCUT2D eigenvalue weighted by Crippen LogP contribution is 2.20. The molecular weight excluding hydrogens is 172 g/mol. The summed E-state index contributed by atoms with van der Waals surface area (Å²) in [6.45, 7) is 4.06. The first-order valence-corrected chi connectivity index (χ1v) is 4.83. The van der Waals surface area contributed by atoms with Crippen molar-refractivity contribution in [1.82, 2.24) is 0 Å². The molecule has 0 aliphatic carbocycles. The van der Waals surface area contributed by atoms with Gasteiger partial charge in [0.1, 0.15) is 0 Å². The molecule has 0 saturated carbocycles. The summed E-state index contributed by atoms with van der Waals surface area (Å²) in [7, 11) is 0. The molecule has 74 valence electrons. The zero-order valence-corrected chi connectivity index (χ0v) is 8.75. The van der Waals surface area contributed by atoms with Gasteiger partial charge < -0.3 is 5.11 Å². The number of aliphatic hydroxyl groups is 1. The lowest BCUT2D eigenvalue weighted by Gasteiger charge is -2.11. The largest absolute Gasteiger partial charge is 0.388 e. The Morgan fingerprint density at radius 3 is 2.36 bits per heavy atom. The van der Waals surface area contributed by atoms with Gasteiger partial charge in [-0.3, -0.25) is 0 Å². The second-order valence-corrected chi connectivity index (χ2v) is 3.68. The van der Waals surface area contributed by atoms with Crippen molar-refractivity contribution >= 4 is 0 Å². The summed E-state index contributed by atoms with van der Waals surface area (Å²) in [6.07, 6.45) is 5.98. The number of hydrogen-bond acceptors (Lipinski definition) is 1. The molecule has 0 saturated heterocycles. The highest BCUT2D eigenvalue weighted by molar-refractivity contribution is 5.29. The number of rotatable bonds is 3. The van der Waals surface area contributed by atoms with Crippen molar-refractivity contribution < 1.29 is 5.11 Å². The molecule has 0 heterocycles. The van der Waals surface area contributed by atoms with E-state index in [-0.39, 0.29) is 0 Å². The van der Waals surface area contributed by atoms with Gasteiger partial charge in [-0.1, -0.05) is 29.3 Å². The lowest BCUT2D eigenvalue weighted by molar-refractivity contribution is 0.169. The molecule has 1 aromatic rings. The molecule has 0 fully saturated rings. The molecule has 1 N–H and O–H groups in total. The van der Waals surface area contributed by atoms with E-state index in [0.717, 1.165) is 5.56 Å². The normalized spacial score (nSPS) is 12.1. The van der Waals surface area contributed by atoms with E-state index >= 15 is 0 Å². The van der Waals surface area contributed by atoms with E-state index in [1.54, 1.807) is 0 Å². The molecule has 0 bridgehead atoms. The number of aliphatic hydroxyl groups excluding tert-OH is 1. The van der Waals surface area contributed by atoms with Gasteiger partial charge in [0.2, 0.25) is 0 Å². The molecule has 0 spiro atoms. The van der Waals surface area contributed by atoms with Gasteiger partial charge in [-0.05, 0) is 25.8 Å². The van der Waals surface area contributed by atoms with Gasteiger partial charge in [0.25, 0.3) is 0 Å². The van der Waals surface area contributed by atoms with Crippen LogP contribution in [0.4, 0.5) is 0 Å². The third-order valence-electron chi connectivity index (χ3n) is 2.19. The molecule has 1 atom stereocenters. The van der Waals surface area contributed by atoms with Crippen LogP contribution in [0.15, 0.2) is 18.2 Å². The van der Waals surface area contributed by atoms with Crippen molar-refractivity contribution in [3.8, 4) is 12.3 Å². The van der Waals surface area contributed by atoms with E-state index in [2.05, 4.69) is 12.0 Å². The smallest absolute Gasteiger partial charge is 0.0799 e. The minimum atomic E-state index is -0.426. The van der Waals surface area contributed by atoms with Crippen LogP contribution >= 0.6 is 0 Å². The molecule has 0 aliphatic heterocycles. The van der Waals surface area contributed by atoms with Crippen molar-refractivity contribution in [2.45, 2.75) is 32.8 Å². The zero-order valence-electron chi connectivity index (χ0n) is 8.75. The molecule has 0 aromatic heterocycles. The summed E-state index contributed by atoms with van der Waals surface area (Å²) in [4.78, 5) is 0. The van der Waals surface area contributed by atoms with Crippen molar-refractivity contribution in [2.24, 2.45) is 0 Å². The molecule has 1 rings (SSSR count). The lowest BCUT2D eigenvalue weighted by atomic mass is 10.0. The molecule has 14 heavy (non-hydrogen) atoms. The highest BCUT2D eigenvalue weighted by atomic mass is 16.3. The summed E-state index contributed by atoms with van der Waals surface area (Å²) >= 11 is 0. The first-order chi connectivity index (χ1) is 6.63. The van der Waals surface area contributed by atoms with E-state index in [0.29, 0.717) is 12.8 Å². The van der Waals surface area contributed by atoms with Crippen LogP contribution in [0.25, 0.3) is 0 Å². The Hall–Kier alpha value is -1.26. The quantitative estimate of drug-likeness (QED) is 0.723. The van der Waals surface area contributed by atoms with Gasteiger partial charge in [-0.2, -0.15) is 0 Å². The molecule has 1 nitrogen and oxygen atoms in total. The number of benzene rings is 1. The van der Waals surface area contributed by atoms with Crippen molar-refractivity contribution in [3.05, 3.63) is 34.9 Å². The van der Waals surface area contributed by atoms with Crippen molar-refractivity contribution in [3.63, 3.8) is 0 Å². The average molecular weight is 188 g/mol. The Morgan fingerprint density at radius 1 is 1.29 bits per heavy atom. The molecule has 1 heteroatoms. The standard InChI is InChI=1S/C13H16O/c1-4-5-6-13(14)12-8-10(2)7-11(3)9-12/h1,7-9,13-14H,5-6H2,2-3H3. The van der Waals surface area contributed by atoms with E-state index in [1.807, 2.05) is 26.0 Å². The van der Waals surface area contributed by atoms with Crippen LogP contribution in [0.1, 0.15) is 35.6 Å². The Morgan fingerprint density at radius 2 is 1.86 bits per heavy atom. The molecule has 1 aromatic carbocycles. The fourth-order valence-electron chi connectivity index (χ4n) is 1.59. The van der Waals surface area contributed by atoms with Gasteiger partial charge in [0.15, 0.2) is 0 Å². The molecular formula is C13H16O. The van der Waals surface area contributed by atoms with Crippen LogP contribution in [0, 0.1) is 26.2 Å². The first-order valence-electron chi connectivity index (χ1n) is 4.83. The van der Waals surface area contributed by atoms with Crippen LogP contribution in [-0.2, 0) is 0 Å². The predicted molar refractivity (Wildman–Crippen MR) is 58.9 cm³/mol. The second kappa shape index (κ2) is 4.83. The summed E-state index contributed by atoms with van der Waals surface area (Å²) in [5, 5.41) is 9.80. The topological polar surface area (TPSA) is 20.2 Å². The minimum absolute atomic E-state index is 0.426. The van der Waals surface area contributed by atoms with Gasteiger partial charge >= 0.3 is 0 Å². The fraction of sp³-hybridized carbons (Fsp3) is 0.385. The van der Waals surface area contributed by atoms with Gasteiger partial charge in [0.05, 0.1) is 6.10 Å². The zero-order chi connectivity index (χ0) is 10.6. The summed E-state index contributed by atoms with van der Waals surface area (Å²) in [5.74, 6) is 2.54. The minimum Gasteiger partial charge on any atom is -0.388 e. The van der Waals surface area contributed by atoms with E-state index in [4.69, 9.17) is 6.42 Å². The van der Waals surface area contributed by atoms with Crippen molar-refractivity contribution in [1.29, 1.82) is 0 Å². The van der Waals surface area contributed by atoms with Crippen LogP contribution in [0.2, 0.25) is 0 Å². The van der Waals surface area contributed by atoms with E-state index in [1.165, 1.54) is 11.1 Å². The maximum Gasteiger partial charge on any atom is 0.0799 e. The molecule has 1 unspecified atom stereocenters. The van der Waals surface area contributed by atoms with Crippen LogP contribution in [0.5, 0.6) is 0 Å². The van der Waals surface area contributed by atoms with Crippen molar-refractivity contribution in [2.75, 3.05) is 0 Å². The van der Waals surface area contributed by atoms with Crippen LogP contribution in [-0.4, -0.2) is 5.11 Å². The maximum absolute atomic E-state index is 9.80. The summed E-state index contributed by atoms with van der Waals surface area (Å²) in [5.41, 5.74) is 3.33. The highest BCUT2D eigenvalue weighted by Gasteiger charge is 2.06. The molecule has 0 radical (unpaired) electrons. The monoisotopic (exact) mass is 188 g/mol. The fourth-order valence-corrected chi connectivity index (χ4v) is 1.59. The first kappa shape index (κ1) is 10.8. The SMILES string of the molecule is C#CCCC(O)c1cc(C)cc(C)c1. The van der Waals surface area contributed by atoms with E-state index < -0.39 is 6.10 Å². The third-order valence-corrected chi connectivity index (χ3v) is 2.19. The summed E-state index contributed by atoms with van der Waals surface area (Å²) < 4.78 is 0. The van der Waals surface area contributed by atoms with Gasteiger partial charge in [0, 0.05) is 6.42 Å². The molecule has 0 amide bonds. The number of hydrogen-bond donors (Lipinski definition) is 1. The maximum atomic E-state index is 9.80. The Bertz CT molecular complexity index is 326. The Balaban J connectivity index is 2.79. The Labute approximate surface area is 85.8 Å².